The summed E-state index contributed by atoms with van der Waals surface area (Å²) in [7, 11) is 0. The summed E-state index contributed by atoms with van der Waals surface area (Å²) < 4.78 is 28.5. The Kier molecular flexibility index (Phi) is 6.50. The lowest BCUT2D eigenvalue weighted by atomic mass is 10.0. The zero-order valence-corrected chi connectivity index (χ0v) is 18.2. The standard InChI is InChI=1S/C22H19F2N7OS/c1-13(15-10-9-14-5-2-3-6-16(14)11-15)27-28-21-29-30-22(31(21)25)33-12-19(32)26-20-17(23)7-4-8-18(20)24/h2-11H,12,25H2,1H3,(H,26,32)(H,28,29)/b27-13+. The number of nitrogens with two attached hydrogens (primary N) is 1. The molecule has 0 fully saturated rings. The highest BCUT2D eigenvalue weighted by Crippen LogP contribution is 2.21. The first-order chi connectivity index (χ1) is 15.9. The molecule has 1 aromatic heterocycles. The van der Waals surface area contributed by atoms with Crippen molar-refractivity contribution in [3.63, 3.8) is 0 Å². The number of nitrogen functional groups attached to an aromatic ring is 1. The summed E-state index contributed by atoms with van der Waals surface area (Å²) in [6.45, 7) is 1.84. The molecule has 1 amide bonds. The van der Waals surface area contributed by atoms with Crippen molar-refractivity contribution >= 4 is 45.8 Å². The van der Waals surface area contributed by atoms with Crippen LogP contribution >= 0.6 is 11.8 Å². The molecule has 0 unspecified atom stereocenters. The van der Waals surface area contributed by atoms with Gasteiger partial charge < -0.3 is 11.2 Å². The molecule has 0 atom stereocenters. The summed E-state index contributed by atoms with van der Waals surface area (Å²) in [5.41, 5.74) is 3.90. The first-order valence-electron chi connectivity index (χ1n) is 9.79. The number of hydrogen-bond donors (Lipinski definition) is 3. The number of anilines is 2. The average Bonchev–Trinajstić information content (AvgIpc) is 3.17. The number of para-hydroxylation sites is 1. The number of benzene rings is 3. The van der Waals surface area contributed by atoms with Crippen molar-refractivity contribution in [3.8, 4) is 0 Å². The molecule has 33 heavy (non-hydrogen) atoms. The SMILES string of the molecule is C/C(=N\Nc1nnc(SCC(=O)Nc2c(F)cccc2F)n1N)c1ccc2ccccc2c1. The Morgan fingerprint density at radius 3 is 2.55 bits per heavy atom. The number of rotatable bonds is 7. The van der Waals surface area contributed by atoms with Crippen molar-refractivity contribution in [1.82, 2.24) is 14.9 Å². The molecule has 8 nitrogen and oxygen atoms in total. The number of hydrogen-bond acceptors (Lipinski definition) is 7. The van der Waals surface area contributed by atoms with E-state index >= 15 is 0 Å². The highest BCUT2D eigenvalue weighted by molar-refractivity contribution is 7.99. The van der Waals surface area contributed by atoms with Crippen LogP contribution in [0.1, 0.15) is 12.5 Å². The lowest BCUT2D eigenvalue weighted by Crippen LogP contribution is -2.18. The maximum absolute atomic E-state index is 13.7. The lowest BCUT2D eigenvalue weighted by molar-refractivity contribution is -0.113. The molecular formula is C22H19F2N7OS. The van der Waals surface area contributed by atoms with Gasteiger partial charge in [-0.2, -0.15) is 5.10 Å². The Bertz CT molecular complexity index is 1340. The summed E-state index contributed by atoms with van der Waals surface area (Å²) in [4.78, 5) is 12.1. The number of thioether (sulfide) groups is 1. The van der Waals surface area contributed by atoms with E-state index in [1.807, 2.05) is 49.4 Å². The second kappa shape index (κ2) is 9.65. The van der Waals surface area contributed by atoms with Gasteiger partial charge in [0.15, 0.2) is 0 Å². The molecule has 0 aliphatic rings. The minimum absolute atomic E-state index is 0.165. The predicted molar refractivity (Wildman–Crippen MR) is 126 cm³/mol. The monoisotopic (exact) mass is 467 g/mol. The van der Waals surface area contributed by atoms with Crippen LogP contribution in [-0.4, -0.2) is 32.2 Å². The van der Waals surface area contributed by atoms with E-state index in [1.54, 1.807) is 0 Å². The van der Waals surface area contributed by atoms with Crippen LogP contribution in [0.15, 0.2) is 70.9 Å². The van der Waals surface area contributed by atoms with Crippen molar-refractivity contribution in [2.45, 2.75) is 12.1 Å². The van der Waals surface area contributed by atoms with Crippen LogP contribution in [0.2, 0.25) is 0 Å². The number of nitrogens with one attached hydrogen (secondary N) is 2. The highest BCUT2D eigenvalue weighted by atomic mass is 32.2. The number of fused-ring (bicyclic) bond motifs is 1. The molecule has 168 valence electrons. The van der Waals surface area contributed by atoms with Gasteiger partial charge in [-0.05, 0) is 41.5 Å². The Morgan fingerprint density at radius 2 is 1.79 bits per heavy atom. The first-order valence-corrected chi connectivity index (χ1v) is 10.8. The van der Waals surface area contributed by atoms with Crippen LogP contribution in [0.25, 0.3) is 10.8 Å². The lowest BCUT2D eigenvalue weighted by Gasteiger charge is -2.07. The first kappa shape index (κ1) is 22.2. The summed E-state index contributed by atoms with van der Waals surface area (Å²) >= 11 is 0.958. The van der Waals surface area contributed by atoms with Crippen LogP contribution in [0.3, 0.4) is 0 Å². The third kappa shape index (κ3) is 5.09. The molecule has 11 heteroatoms. The van der Waals surface area contributed by atoms with Gasteiger partial charge in [0, 0.05) is 0 Å². The maximum Gasteiger partial charge on any atom is 0.264 e. The van der Waals surface area contributed by atoms with E-state index < -0.39 is 23.2 Å². The summed E-state index contributed by atoms with van der Waals surface area (Å²) in [6, 6.07) is 17.4. The van der Waals surface area contributed by atoms with Crippen molar-refractivity contribution in [1.29, 1.82) is 0 Å². The van der Waals surface area contributed by atoms with Gasteiger partial charge in [0.1, 0.15) is 17.3 Å². The number of aromatic nitrogens is 3. The molecule has 4 N–H and O–H groups in total. The van der Waals surface area contributed by atoms with Gasteiger partial charge >= 0.3 is 0 Å². The topological polar surface area (TPSA) is 110 Å². The number of halogens is 2. The minimum atomic E-state index is -0.860. The number of hydrazone groups is 1. The van der Waals surface area contributed by atoms with E-state index in [9.17, 15) is 13.6 Å². The Labute approximate surface area is 191 Å². The highest BCUT2D eigenvalue weighted by Gasteiger charge is 2.15. The fraction of sp³-hybridized carbons (Fsp3) is 0.0909. The van der Waals surface area contributed by atoms with Gasteiger partial charge in [-0.1, -0.05) is 54.2 Å². The van der Waals surface area contributed by atoms with E-state index in [1.165, 1.54) is 6.07 Å². The predicted octanol–water partition coefficient (Wildman–Crippen LogP) is 3.99. The second-order valence-corrected chi connectivity index (χ2v) is 7.92. The van der Waals surface area contributed by atoms with Gasteiger partial charge in [-0.15, -0.1) is 10.2 Å². The van der Waals surface area contributed by atoms with E-state index in [-0.39, 0.29) is 16.9 Å². The molecule has 0 spiro atoms. The van der Waals surface area contributed by atoms with Crippen LogP contribution in [0.4, 0.5) is 20.4 Å². The number of carbonyl (C=O) groups is 1. The number of carbonyl (C=O) groups excluding carboxylic acids is 1. The summed E-state index contributed by atoms with van der Waals surface area (Å²) in [5.74, 6) is 3.63. The number of nitrogens with zero attached hydrogens (tertiary/aromatic N) is 4. The molecule has 3 aromatic carbocycles. The van der Waals surface area contributed by atoms with Gasteiger partial charge in [0.25, 0.3) is 5.95 Å². The van der Waals surface area contributed by atoms with E-state index in [0.717, 1.165) is 44.9 Å². The molecule has 0 radical (unpaired) electrons. The van der Waals surface area contributed by atoms with Gasteiger partial charge in [-0.25, -0.2) is 18.9 Å². The van der Waals surface area contributed by atoms with Crippen molar-refractivity contribution in [3.05, 3.63) is 77.9 Å². The molecule has 0 aliphatic carbocycles. The molecule has 1 heterocycles. The molecule has 0 saturated carbocycles. The van der Waals surface area contributed by atoms with E-state index in [0.29, 0.717) is 5.71 Å². The van der Waals surface area contributed by atoms with E-state index in [4.69, 9.17) is 5.84 Å². The Balaban J connectivity index is 1.38. The van der Waals surface area contributed by atoms with Crippen LogP contribution in [-0.2, 0) is 4.79 Å². The third-order valence-electron chi connectivity index (χ3n) is 4.71. The average molecular weight is 468 g/mol. The fourth-order valence-corrected chi connectivity index (χ4v) is 3.64. The van der Waals surface area contributed by atoms with Gasteiger partial charge in [0.2, 0.25) is 11.1 Å². The molecule has 0 aliphatic heterocycles. The molecular weight excluding hydrogens is 448 g/mol. The molecule has 4 rings (SSSR count). The quantitative estimate of drug-likeness (QED) is 0.164. The second-order valence-electron chi connectivity index (χ2n) is 6.98. The minimum Gasteiger partial charge on any atom is -0.334 e. The van der Waals surface area contributed by atoms with Crippen LogP contribution in [0.5, 0.6) is 0 Å². The Hall–Kier alpha value is -3.99. The molecule has 0 saturated heterocycles. The zero-order chi connectivity index (χ0) is 23.4. The van der Waals surface area contributed by atoms with Crippen LogP contribution in [0, 0.1) is 11.6 Å². The fourth-order valence-electron chi connectivity index (χ4n) is 2.99. The summed E-state index contributed by atoms with van der Waals surface area (Å²) in [5, 5.41) is 16.8. The Morgan fingerprint density at radius 1 is 1.06 bits per heavy atom. The van der Waals surface area contributed by atoms with Crippen LogP contribution < -0.4 is 16.6 Å². The van der Waals surface area contributed by atoms with Gasteiger partial charge in [0.05, 0.1) is 11.5 Å². The van der Waals surface area contributed by atoms with Crippen molar-refractivity contribution < 1.29 is 13.6 Å². The van der Waals surface area contributed by atoms with Crippen molar-refractivity contribution in [2.24, 2.45) is 5.10 Å². The van der Waals surface area contributed by atoms with Crippen molar-refractivity contribution in [2.75, 3.05) is 22.3 Å². The number of amides is 1. The van der Waals surface area contributed by atoms with E-state index in [2.05, 4.69) is 26.0 Å². The normalized spacial score (nSPS) is 11.5. The molecule has 4 aromatic rings. The zero-order valence-electron chi connectivity index (χ0n) is 17.4. The smallest absolute Gasteiger partial charge is 0.264 e. The largest absolute Gasteiger partial charge is 0.334 e. The third-order valence-corrected chi connectivity index (χ3v) is 5.66. The van der Waals surface area contributed by atoms with Gasteiger partial charge in [-0.3, -0.25) is 4.79 Å². The molecule has 0 bridgehead atoms. The maximum atomic E-state index is 13.7. The summed E-state index contributed by atoms with van der Waals surface area (Å²) in [6.07, 6.45) is 0.